The molecule has 1 fully saturated rings. The van der Waals surface area contributed by atoms with E-state index in [4.69, 9.17) is 5.11 Å². The van der Waals surface area contributed by atoms with Crippen LogP contribution in [-0.2, 0) is 4.79 Å². The number of aliphatic hydroxyl groups is 1. The standard InChI is InChI=1S/C12H13FN2O4/c13-8-2-1-6(12(18)19)3-9(8)15-11(17)10-4-7(16)5-14-10/h1-3,7,10,14,16H,4-5H2,(H,15,17)(H,18,19). The summed E-state index contributed by atoms with van der Waals surface area (Å²) in [7, 11) is 0. The SMILES string of the molecule is O=C(O)c1ccc(F)c(NC(=O)C2CC(O)CN2)c1. The molecular weight excluding hydrogens is 255 g/mol. The van der Waals surface area contributed by atoms with Crippen LogP contribution in [0, 0.1) is 5.82 Å². The molecule has 0 spiro atoms. The number of β-amino-alcohol motifs (C(OH)–C–C–N with tert-alkyl or cyclic N) is 1. The van der Waals surface area contributed by atoms with E-state index in [0.29, 0.717) is 6.54 Å². The second-order valence-corrected chi connectivity index (χ2v) is 4.34. The van der Waals surface area contributed by atoms with Crippen LogP contribution in [0.1, 0.15) is 16.8 Å². The van der Waals surface area contributed by atoms with E-state index in [-0.39, 0.29) is 17.7 Å². The highest BCUT2D eigenvalue weighted by Crippen LogP contribution is 2.17. The number of carbonyl (C=O) groups excluding carboxylic acids is 1. The van der Waals surface area contributed by atoms with Gasteiger partial charge < -0.3 is 20.8 Å². The lowest BCUT2D eigenvalue weighted by Crippen LogP contribution is -2.35. The number of nitrogens with one attached hydrogen (secondary N) is 2. The van der Waals surface area contributed by atoms with Gasteiger partial charge in [0.25, 0.3) is 0 Å². The van der Waals surface area contributed by atoms with Crippen LogP contribution >= 0.6 is 0 Å². The summed E-state index contributed by atoms with van der Waals surface area (Å²) in [5.74, 6) is -2.42. The summed E-state index contributed by atoms with van der Waals surface area (Å²) < 4.78 is 13.5. The molecule has 1 aliphatic heterocycles. The van der Waals surface area contributed by atoms with E-state index in [0.717, 1.165) is 18.2 Å². The topological polar surface area (TPSA) is 98.7 Å². The first-order chi connectivity index (χ1) is 8.97. The number of aromatic carboxylic acids is 1. The van der Waals surface area contributed by atoms with Crippen LogP contribution in [0.15, 0.2) is 18.2 Å². The summed E-state index contributed by atoms with van der Waals surface area (Å²) in [5.41, 5.74) is -0.302. The monoisotopic (exact) mass is 268 g/mol. The van der Waals surface area contributed by atoms with Crippen molar-refractivity contribution in [1.82, 2.24) is 5.32 Å². The number of carboxylic acid groups (broad SMARTS) is 1. The molecule has 1 aliphatic rings. The largest absolute Gasteiger partial charge is 0.478 e. The van der Waals surface area contributed by atoms with Gasteiger partial charge in [0.15, 0.2) is 0 Å². The zero-order valence-corrected chi connectivity index (χ0v) is 9.89. The van der Waals surface area contributed by atoms with Gasteiger partial charge in [-0.05, 0) is 24.6 Å². The molecule has 7 heteroatoms. The summed E-state index contributed by atoms with van der Waals surface area (Å²) >= 11 is 0. The molecule has 1 saturated heterocycles. The fourth-order valence-electron chi connectivity index (χ4n) is 1.89. The lowest BCUT2D eigenvalue weighted by Gasteiger charge is -2.12. The van der Waals surface area contributed by atoms with Gasteiger partial charge in [0, 0.05) is 6.54 Å². The van der Waals surface area contributed by atoms with E-state index in [2.05, 4.69) is 10.6 Å². The maximum absolute atomic E-state index is 13.5. The predicted molar refractivity (Wildman–Crippen MR) is 64.4 cm³/mol. The van der Waals surface area contributed by atoms with Gasteiger partial charge in [-0.2, -0.15) is 0 Å². The Morgan fingerprint density at radius 1 is 1.42 bits per heavy atom. The number of anilines is 1. The normalized spacial score (nSPS) is 22.2. The van der Waals surface area contributed by atoms with E-state index in [1.54, 1.807) is 0 Å². The molecule has 19 heavy (non-hydrogen) atoms. The number of benzene rings is 1. The quantitative estimate of drug-likeness (QED) is 0.627. The second-order valence-electron chi connectivity index (χ2n) is 4.34. The van der Waals surface area contributed by atoms with Crippen molar-refractivity contribution < 1.29 is 24.2 Å². The summed E-state index contributed by atoms with van der Waals surface area (Å²) in [6.45, 7) is 0.301. The van der Waals surface area contributed by atoms with Gasteiger partial charge in [0.05, 0.1) is 23.4 Å². The molecule has 0 saturated carbocycles. The number of carbonyl (C=O) groups is 2. The van der Waals surface area contributed by atoms with Crippen molar-refractivity contribution in [3.63, 3.8) is 0 Å². The molecule has 1 aromatic carbocycles. The molecule has 2 unspecified atom stereocenters. The minimum atomic E-state index is -1.20. The Balaban J connectivity index is 2.12. The molecule has 0 aromatic heterocycles. The Kier molecular flexibility index (Phi) is 3.77. The van der Waals surface area contributed by atoms with Crippen LogP contribution in [0.2, 0.25) is 0 Å². The third-order valence-corrected chi connectivity index (χ3v) is 2.90. The number of halogens is 1. The average Bonchev–Trinajstić information content (AvgIpc) is 2.78. The van der Waals surface area contributed by atoms with Crippen molar-refractivity contribution in [2.45, 2.75) is 18.6 Å². The van der Waals surface area contributed by atoms with E-state index in [1.165, 1.54) is 0 Å². The smallest absolute Gasteiger partial charge is 0.335 e. The zero-order valence-electron chi connectivity index (χ0n) is 9.89. The van der Waals surface area contributed by atoms with Gasteiger partial charge >= 0.3 is 5.97 Å². The van der Waals surface area contributed by atoms with E-state index in [9.17, 15) is 19.1 Å². The Morgan fingerprint density at radius 2 is 2.16 bits per heavy atom. The summed E-state index contributed by atoms with van der Waals surface area (Å²) in [6.07, 6.45) is -0.363. The highest BCUT2D eigenvalue weighted by molar-refractivity contribution is 5.97. The van der Waals surface area contributed by atoms with Crippen LogP contribution in [0.25, 0.3) is 0 Å². The molecule has 2 rings (SSSR count). The minimum Gasteiger partial charge on any atom is -0.478 e. The Bertz CT molecular complexity index is 520. The summed E-state index contributed by atoms with van der Waals surface area (Å²) in [6, 6.07) is 2.55. The first-order valence-corrected chi connectivity index (χ1v) is 5.72. The van der Waals surface area contributed by atoms with Gasteiger partial charge in [-0.1, -0.05) is 0 Å². The minimum absolute atomic E-state index is 0.115. The summed E-state index contributed by atoms with van der Waals surface area (Å²) in [5, 5.41) is 23.2. The third kappa shape index (κ3) is 3.07. The van der Waals surface area contributed by atoms with Crippen molar-refractivity contribution in [3.05, 3.63) is 29.6 Å². The Labute approximate surface area is 108 Å². The van der Waals surface area contributed by atoms with Crippen molar-refractivity contribution in [2.24, 2.45) is 0 Å². The number of hydrogen-bond donors (Lipinski definition) is 4. The fraction of sp³-hybridized carbons (Fsp3) is 0.333. The van der Waals surface area contributed by atoms with Gasteiger partial charge in [0.2, 0.25) is 5.91 Å². The van der Waals surface area contributed by atoms with Crippen LogP contribution in [0.3, 0.4) is 0 Å². The van der Waals surface area contributed by atoms with Gasteiger partial charge in [-0.15, -0.1) is 0 Å². The van der Waals surface area contributed by atoms with Crippen LogP contribution in [-0.4, -0.2) is 40.8 Å². The highest BCUT2D eigenvalue weighted by Gasteiger charge is 2.28. The molecule has 4 N–H and O–H groups in total. The number of rotatable bonds is 3. The number of aliphatic hydroxyl groups excluding tert-OH is 1. The molecule has 6 nitrogen and oxygen atoms in total. The maximum Gasteiger partial charge on any atom is 0.335 e. The number of carboxylic acids is 1. The van der Waals surface area contributed by atoms with E-state index < -0.39 is 29.8 Å². The van der Waals surface area contributed by atoms with E-state index >= 15 is 0 Å². The summed E-state index contributed by atoms with van der Waals surface area (Å²) in [4.78, 5) is 22.6. The van der Waals surface area contributed by atoms with Crippen LogP contribution < -0.4 is 10.6 Å². The van der Waals surface area contributed by atoms with Gasteiger partial charge in [-0.25, -0.2) is 9.18 Å². The maximum atomic E-state index is 13.5. The Morgan fingerprint density at radius 3 is 2.74 bits per heavy atom. The second kappa shape index (κ2) is 5.33. The molecule has 2 atom stereocenters. The van der Waals surface area contributed by atoms with Crippen LogP contribution in [0.4, 0.5) is 10.1 Å². The van der Waals surface area contributed by atoms with Crippen molar-refractivity contribution in [3.8, 4) is 0 Å². The molecule has 0 radical (unpaired) electrons. The van der Waals surface area contributed by atoms with Gasteiger partial charge in [0.1, 0.15) is 5.82 Å². The van der Waals surface area contributed by atoms with Crippen LogP contribution in [0.5, 0.6) is 0 Å². The molecule has 1 heterocycles. The van der Waals surface area contributed by atoms with Crippen molar-refractivity contribution >= 4 is 17.6 Å². The Hall–Kier alpha value is -1.99. The lowest BCUT2D eigenvalue weighted by molar-refractivity contribution is -0.118. The van der Waals surface area contributed by atoms with Crippen molar-refractivity contribution in [1.29, 1.82) is 0 Å². The lowest BCUT2D eigenvalue weighted by atomic mass is 10.1. The first-order valence-electron chi connectivity index (χ1n) is 5.72. The highest BCUT2D eigenvalue weighted by atomic mass is 19.1. The zero-order chi connectivity index (χ0) is 14.0. The molecule has 102 valence electrons. The molecule has 1 aromatic rings. The number of hydrogen-bond acceptors (Lipinski definition) is 4. The average molecular weight is 268 g/mol. The molecule has 1 amide bonds. The first kappa shape index (κ1) is 13.4. The third-order valence-electron chi connectivity index (χ3n) is 2.90. The number of amides is 1. The van der Waals surface area contributed by atoms with E-state index in [1.807, 2.05) is 0 Å². The predicted octanol–water partition coefficient (Wildman–Crippen LogP) is 0.185. The molecule has 0 aliphatic carbocycles. The molecular formula is C12H13FN2O4. The van der Waals surface area contributed by atoms with Crippen molar-refractivity contribution in [2.75, 3.05) is 11.9 Å². The fourth-order valence-corrected chi connectivity index (χ4v) is 1.89. The van der Waals surface area contributed by atoms with Gasteiger partial charge in [-0.3, -0.25) is 4.79 Å². The molecule has 0 bridgehead atoms.